The van der Waals surface area contributed by atoms with Crippen LogP contribution in [0.5, 0.6) is 11.5 Å². The molecule has 2 aliphatic rings. The normalized spacial score (nSPS) is 20.1. The number of fused-ring (bicyclic) bond motifs is 1. The second-order valence-electron chi connectivity index (χ2n) is 10.3. The zero-order chi connectivity index (χ0) is 29.3. The van der Waals surface area contributed by atoms with Gasteiger partial charge >= 0.3 is 0 Å². The van der Waals surface area contributed by atoms with Gasteiger partial charge in [-0.1, -0.05) is 29.8 Å². The van der Waals surface area contributed by atoms with Gasteiger partial charge in [-0.05, 0) is 31.9 Å². The molecule has 0 aliphatic carbocycles. The number of hydrogen-bond donors (Lipinski definition) is 3. The van der Waals surface area contributed by atoms with Crippen LogP contribution in [-0.2, 0) is 9.53 Å². The third kappa shape index (κ3) is 5.99. The molecule has 0 unspecified atom stereocenters. The van der Waals surface area contributed by atoms with Gasteiger partial charge in [0, 0.05) is 24.5 Å². The summed E-state index contributed by atoms with van der Waals surface area (Å²) in [6.45, 7) is 7.30. The molecular formula is C28H32Cl2N6O5. The van der Waals surface area contributed by atoms with Crippen LogP contribution in [0.3, 0.4) is 0 Å². The van der Waals surface area contributed by atoms with Crippen molar-refractivity contribution in [3.63, 3.8) is 0 Å². The van der Waals surface area contributed by atoms with Crippen molar-refractivity contribution in [3.8, 4) is 22.9 Å². The molecule has 2 aliphatic heterocycles. The summed E-state index contributed by atoms with van der Waals surface area (Å²) in [6, 6.07) is 3.05. The minimum atomic E-state index is -0.753. The van der Waals surface area contributed by atoms with Crippen LogP contribution < -0.4 is 25.0 Å². The fourth-order valence-corrected chi connectivity index (χ4v) is 5.67. The van der Waals surface area contributed by atoms with Crippen LogP contribution in [0.1, 0.15) is 19.8 Å². The number of hydrogen-bond acceptors (Lipinski definition) is 10. The summed E-state index contributed by atoms with van der Waals surface area (Å²) in [5.41, 5.74) is 0.195. The van der Waals surface area contributed by atoms with Gasteiger partial charge in [-0.15, -0.1) is 0 Å². The van der Waals surface area contributed by atoms with Gasteiger partial charge in [-0.3, -0.25) is 4.79 Å². The van der Waals surface area contributed by atoms with E-state index in [9.17, 15) is 9.90 Å². The molecule has 11 nitrogen and oxygen atoms in total. The van der Waals surface area contributed by atoms with Crippen molar-refractivity contribution in [1.29, 1.82) is 0 Å². The molecule has 4 heterocycles. The van der Waals surface area contributed by atoms with Crippen molar-refractivity contribution in [2.45, 2.75) is 37.5 Å². The first kappa shape index (κ1) is 29.1. The fraction of sp³-hybridized carbons (Fsp3) is 0.429. The molecule has 218 valence electrons. The smallest absolute Gasteiger partial charge is 0.243 e. The lowest BCUT2D eigenvalue weighted by Crippen LogP contribution is -2.45. The van der Waals surface area contributed by atoms with E-state index in [1.165, 1.54) is 20.3 Å². The summed E-state index contributed by atoms with van der Waals surface area (Å²) < 4.78 is 16.5. The molecule has 0 bridgehead atoms. The molecule has 0 radical (unpaired) electrons. The van der Waals surface area contributed by atoms with E-state index >= 15 is 0 Å². The highest BCUT2D eigenvalue weighted by molar-refractivity contribution is 6.41. The van der Waals surface area contributed by atoms with Crippen LogP contribution in [0.2, 0.25) is 10.0 Å². The summed E-state index contributed by atoms with van der Waals surface area (Å²) in [6.07, 6.45) is 4.03. The highest BCUT2D eigenvalue weighted by atomic mass is 35.5. The number of carbonyl (C=O) groups is 1. The maximum atomic E-state index is 11.9. The Labute approximate surface area is 247 Å². The summed E-state index contributed by atoms with van der Waals surface area (Å²) in [7, 11) is 3.01. The van der Waals surface area contributed by atoms with Crippen LogP contribution in [-0.4, -0.2) is 84.2 Å². The number of halogens is 2. The van der Waals surface area contributed by atoms with Crippen molar-refractivity contribution in [3.05, 3.63) is 41.0 Å². The molecule has 0 spiro atoms. The lowest BCUT2D eigenvalue weighted by Gasteiger charge is -2.37. The van der Waals surface area contributed by atoms with Crippen molar-refractivity contribution in [1.82, 2.24) is 20.3 Å². The van der Waals surface area contributed by atoms with E-state index in [2.05, 4.69) is 27.1 Å². The molecule has 3 aromatic rings. The first-order chi connectivity index (χ1) is 19.6. The second-order valence-corrected chi connectivity index (χ2v) is 11.1. The third-order valence-electron chi connectivity index (χ3n) is 7.43. The molecule has 1 aromatic carbocycles. The first-order valence-electron chi connectivity index (χ1n) is 13.2. The Morgan fingerprint density at radius 1 is 1.15 bits per heavy atom. The predicted molar refractivity (Wildman–Crippen MR) is 158 cm³/mol. The van der Waals surface area contributed by atoms with Crippen LogP contribution in [0.4, 0.5) is 11.6 Å². The summed E-state index contributed by atoms with van der Waals surface area (Å²) in [4.78, 5) is 28.3. The van der Waals surface area contributed by atoms with Crippen molar-refractivity contribution in [2.24, 2.45) is 0 Å². The van der Waals surface area contributed by atoms with E-state index in [0.29, 0.717) is 73.4 Å². The van der Waals surface area contributed by atoms with Gasteiger partial charge in [0.1, 0.15) is 23.1 Å². The van der Waals surface area contributed by atoms with E-state index in [1.54, 1.807) is 12.3 Å². The SMILES string of the molecule is C=CC(=O)N[C@H]1COC[C@H]1Nc1cc2c(N3CCC(C)(O)CC3)nc(-c3c(Cl)c(OC)cc(OC)c3Cl)nc2cn1. The Kier molecular flexibility index (Phi) is 8.42. The number of nitrogens with zero attached hydrogens (tertiary/aromatic N) is 4. The van der Waals surface area contributed by atoms with Crippen molar-refractivity contribution >= 4 is 51.6 Å². The van der Waals surface area contributed by atoms with Gasteiger partial charge in [0.15, 0.2) is 5.82 Å². The molecule has 0 saturated carbocycles. The second kappa shape index (κ2) is 11.8. The number of aromatic nitrogens is 3. The van der Waals surface area contributed by atoms with E-state index in [4.69, 9.17) is 47.4 Å². The maximum absolute atomic E-state index is 11.9. The number of piperidine rings is 1. The quantitative estimate of drug-likeness (QED) is 0.327. The lowest BCUT2D eigenvalue weighted by atomic mass is 9.94. The van der Waals surface area contributed by atoms with Gasteiger partial charge in [0.25, 0.3) is 0 Å². The zero-order valence-corrected chi connectivity index (χ0v) is 24.6. The minimum Gasteiger partial charge on any atom is -0.495 e. The Hall–Kier alpha value is -3.38. The maximum Gasteiger partial charge on any atom is 0.243 e. The monoisotopic (exact) mass is 602 g/mol. The van der Waals surface area contributed by atoms with Crippen LogP contribution in [0.25, 0.3) is 22.3 Å². The highest BCUT2D eigenvalue weighted by Gasteiger charge is 2.32. The summed E-state index contributed by atoms with van der Waals surface area (Å²) in [5.74, 6) is 1.99. The number of anilines is 2. The molecule has 1 amide bonds. The predicted octanol–water partition coefficient (Wildman–Crippen LogP) is 3.85. The number of pyridine rings is 1. The van der Waals surface area contributed by atoms with E-state index in [-0.39, 0.29) is 33.9 Å². The Bertz CT molecular complexity index is 1450. The number of carbonyl (C=O) groups excluding carboxylic acids is 1. The molecule has 2 fully saturated rings. The summed E-state index contributed by atoms with van der Waals surface area (Å²) in [5, 5.41) is 18.1. The highest BCUT2D eigenvalue weighted by Crippen LogP contribution is 2.46. The van der Waals surface area contributed by atoms with Gasteiger partial charge in [-0.2, -0.15) is 0 Å². The molecular weight excluding hydrogens is 571 g/mol. The molecule has 5 rings (SSSR count). The molecule has 13 heteroatoms. The number of amides is 1. The average Bonchev–Trinajstić information content (AvgIpc) is 3.39. The van der Waals surface area contributed by atoms with Gasteiger partial charge < -0.3 is 34.9 Å². The zero-order valence-electron chi connectivity index (χ0n) is 23.0. The van der Waals surface area contributed by atoms with Crippen molar-refractivity contribution < 1.29 is 24.1 Å². The number of benzene rings is 1. The van der Waals surface area contributed by atoms with Crippen LogP contribution in [0.15, 0.2) is 31.0 Å². The molecule has 2 atom stereocenters. The number of nitrogens with one attached hydrogen (secondary N) is 2. The number of methoxy groups -OCH3 is 2. The molecule has 2 saturated heterocycles. The van der Waals surface area contributed by atoms with Crippen LogP contribution in [0, 0.1) is 0 Å². The Morgan fingerprint density at radius 2 is 1.80 bits per heavy atom. The molecule has 2 aromatic heterocycles. The number of ether oxygens (including phenoxy) is 3. The van der Waals surface area contributed by atoms with E-state index in [1.807, 2.05) is 13.0 Å². The van der Waals surface area contributed by atoms with Crippen molar-refractivity contribution in [2.75, 3.05) is 50.7 Å². The largest absolute Gasteiger partial charge is 0.495 e. The van der Waals surface area contributed by atoms with Crippen LogP contribution >= 0.6 is 23.2 Å². The van der Waals surface area contributed by atoms with Gasteiger partial charge in [0.05, 0.1) is 72.4 Å². The summed E-state index contributed by atoms with van der Waals surface area (Å²) >= 11 is 13.4. The Morgan fingerprint density at radius 3 is 2.44 bits per heavy atom. The van der Waals surface area contributed by atoms with E-state index in [0.717, 1.165) is 5.39 Å². The number of aliphatic hydroxyl groups is 1. The lowest BCUT2D eigenvalue weighted by molar-refractivity contribution is -0.117. The average molecular weight is 604 g/mol. The molecule has 41 heavy (non-hydrogen) atoms. The third-order valence-corrected chi connectivity index (χ3v) is 8.18. The topological polar surface area (TPSA) is 131 Å². The molecule has 3 N–H and O–H groups in total. The Balaban J connectivity index is 1.59. The number of rotatable bonds is 8. The standard InChI is InChI=1S/C28H32Cl2N6O5/c1-5-22(37)33-18-14-41-13-17(18)32-21-10-15-16(12-31-21)34-26(35-27(15)36-8-6-28(2,38)7-9-36)23-24(29)19(39-3)11-20(40-4)25(23)30/h5,10-12,17-18,38H,1,6-9,13-14H2,2-4H3,(H,31,32)(H,33,37)/t17-,18+/m1/s1. The first-order valence-corrected chi connectivity index (χ1v) is 13.9. The van der Waals surface area contributed by atoms with Gasteiger partial charge in [-0.25, -0.2) is 15.0 Å². The fourth-order valence-electron chi connectivity index (χ4n) is 5.00. The van der Waals surface area contributed by atoms with Gasteiger partial charge in [0.2, 0.25) is 5.91 Å². The van der Waals surface area contributed by atoms with E-state index < -0.39 is 5.60 Å². The minimum absolute atomic E-state index is 0.195.